The second kappa shape index (κ2) is 14.1. The molecule has 28 heavy (non-hydrogen) atoms. The van der Waals surface area contributed by atoms with Crippen molar-refractivity contribution in [3.8, 4) is 11.5 Å². The van der Waals surface area contributed by atoms with Crippen molar-refractivity contribution < 1.29 is 14.2 Å². The number of ether oxygens (including phenoxy) is 3. The van der Waals surface area contributed by atoms with E-state index < -0.39 is 0 Å². The molecular formula is C21H30IN3O3. The molecule has 0 aromatic heterocycles. The summed E-state index contributed by atoms with van der Waals surface area (Å²) in [6, 6.07) is 16.0. The Morgan fingerprint density at radius 2 is 1.79 bits per heavy atom. The van der Waals surface area contributed by atoms with Crippen LogP contribution in [0.4, 0.5) is 0 Å². The third-order valence-corrected chi connectivity index (χ3v) is 3.89. The highest BCUT2D eigenvalue weighted by molar-refractivity contribution is 14.0. The number of hydrogen-bond acceptors (Lipinski definition) is 4. The Kier molecular flexibility index (Phi) is 12.1. The summed E-state index contributed by atoms with van der Waals surface area (Å²) in [6.07, 6.45) is 0. The van der Waals surface area contributed by atoms with E-state index in [-0.39, 0.29) is 24.0 Å². The van der Waals surface area contributed by atoms with Crippen LogP contribution in [0.15, 0.2) is 53.5 Å². The highest BCUT2D eigenvalue weighted by Crippen LogP contribution is 2.28. The van der Waals surface area contributed by atoms with Crippen LogP contribution in [0.5, 0.6) is 11.5 Å². The molecule has 0 atom stereocenters. The number of rotatable bonds is 10. The Labute approximate surface area is 184 Å². The van der Waals surface area contributed by atoms with Crippen molar-refractivity contribution in [3.05, 3.63) is 59.7 Å². The zero-order chi connectivity index (χ0) is 19.3. The second-order valence-electron chi connectivity index (χ2n) is 5.81. The SMILES string of the molecule is CCOCCNC(=NC)NCc1ccc(OCc2ccccc2)c(OC)c1.I. The molecule has 6 nitrogen and oxygen atoms in total. The van der Waals surface area contributed by atoms with Gasteiger partial charge in [0.1, 0.15) is 6.61 Å². The van der Waals surface area contributed by atoms with Crippen LogP contribution in [0.1, 0.15) is 18.1 Å². The lowest BCUT2D eigenvalue weighted by molar-refractivity contribution is 0.152. The Morgan fingerprint density at radius 3 is 2.46 bits per heavy atom. The molecule has 0 aliphatic rings. The summed E-state index contributed by atoms with van der Waals surface area (Å²) < 4.78 is 16.7. The third-order valence-electron chi connectivity index (χ3n) is 3.89. The smallest absolute Gasteiger partial charge is 0.191 e. The number of methoxy groups -OCH3 is 1. The van der Waals surface area contributed by atoms with Crippen molar-refractivity contribution in [1.82, 2.24) is 10.6 Å². The van der Waals surface area contributed by atoms with Gasteiger partial charge in [-0.05, 0) is 30.2 Å². The highest BCUT2D eigenvalue weighted by Gasteiger charge is 2.07. The van der Waals surface area contributed by atoms with E-state index in [0.717, 1.165) is 22.8 Å². The van der Waals surface area contributed by atoms with Crippen LogP contribution in [-0.2, 0) is 17.9 Å². The number of aliphatic imine (C=N–C) groups is 1. The number of nitrogens with zero attached hydrogens (tertiary/aromatic N) is 1. The molecule has 7 heteroatoms. The first kappa shape index (κ1) is 24.0. The predicted octanol–water partition coefficient (Wildman–Crippen LogP) is 3.59. The minimum atomic E-state index is 0. The monoisotopic (exact) mass is 499 g/mol. The summed E-state index contributed by atoms with van der Waals surface area (Å²) in [6.45, 7) is 5.19. The van der Waals surface area contributed by atoms with E-state index >= 15 is 0 Å². The van der Waals surface area contributed by atoms with Crippen molar-refractivity contribution in [2.45, 2.75) is 20.1 Å². The standard InChI is InChI=1S/C21H29N3O3.HI/c1-4-26-13-12-23-21(22-2)24-15-18-10-11-19(20(14-18)25-3)27-16-17-8-6-5-7-9-17;/h5-11,14H,4,12-13,15-16H2,1-3H3,(H2,22,23,24);1H. The molecule has 0 saturated carbocycles. The Balaban J connectivity index is 0.00000392. The predicted molar refractivity (Wildman–Crippen MR) is 124 cm³/mol. The average Bonchev–Trinajstić information content (AvgIpc) is 2.72. The Bertz CT molecular complexity index is 711. The van der Waals surface area contributed by atoms with Gasteiger partial charge in [-0.3, -0.25) is 4.99 Å². The molecule has 0 aliphatic heterocycles. The largest absolute Gasteiger partial charge is 0.493 e. The fourth-order valence-corrected chi connectivity index (χ4v) is 2.47. The normalized spacial score (nSPS) is 10.8. The lowest BCUT2D eigenvalue weighted by Crippen LogP contribution is -2.38. The van der Waals surface area contributed by atoms with Gasteiger partial charge in [0.05, 0.1) is 13.7 Å². The summed E-state index contributed by atoms with van der Waals surface area (Å²) in [5, 5.41) is 6.49. The van der Waals surface area contributed by atoms with Crippen LogP contribution in [-0.4, -0.2) is 39.9 Å². The molecule has 154 valence electrons. The zero-order valence-electron chi connectivity index (χ0n) is 16.7. The maximum atomic E-state index is 5.90. The Morgan fingerprint density at radius 1 is 1.00 bits per heavy atom. The molecule has 2 aromatic carbocycles. The molecule has 2 aromatic rings. The van der Waals surface area contributed by atoms with E-state index in [1.807, 2.05) is 55.5 Å². The number of nitrogens with one attached hydrogen (secondary N) is 2. The van der Waals surface area contributed by atoms with Crippen LogP contribution in [0, 0.1) is 0 Å². The third kappa shape index (κ3) is 8.35. The van der Waals surface area contributed by atoms with E-state index in [1.54, 1.807) is 14.2 Å². The summed E-state index contributed by atoms with van der Waals surface area (Å²) in [7, 11) is 3.40. The zero-order valence-corrected chi connectivity index (χ0v) is 19.1. The van der Waals surface area contributed by atoms with E-state index in [0.29, 0.717) is 38.7 Å². The van der Waals surface area contributed by atoms with Crippen LogP contribution < -0.4 is 20.1 Å². The van der Waals surface area contributed by atoms with Gasteiger partial charge in [-0.15, -0.1) is 24.0 Å². The molecule has 0 amide bonds. The topological polar surface area (TPSA) is 64.1 Å². The van der Waals surface area contributed by atoms with E-state index in [9.17, 15) is 0 Å². The van der Waals surface area contributed by atoms with E-state index in [4.69, 9.17) is 14.2 Å². The summed E-state index contributed by atoms with van der Waals surface area (Å²) in [5.74, 6) is 2.17. The van der Waals surface area contributed by atoms with Crippen molar-refractivity contribution in [3.63, 3.8) is 0 Å². The summed E-state index contributed by atoms with van der Waals surface area (Å²) >= 11 is 0. The van der Waals surface area contributed by atoms with Gasteiger partial charge in [-0.25, -0.2) is 0 Å². The summed E-state index contributed by atoms with van der Waals surface area (Å²) in [4.78, 5) is 4.21. The molecular weight excluding hydrogens is 469 g/mol. The first-order valence-electron chi connectivity index (χ1n) is 9.12. The highest BCUT2D eigenvalue weighted by atomic mass is 127. The minimum Gasteiger partial charge on any atom is -0.493 e. The van der Waals surface area contributed by atoms with Crippen LogP contribution in [0.25, 0.3) is 0 Å². The number of guanidine groups is 1. The molecule has 0 fully saturated rings. The van der Waals surface area contributed by atoms with Crippen molar-refractivity contribution in [1.29, 1.82) is 0 Å². The Hall–Kier alpha value is -2.00. The molecule has 0 heterocycles. The molecule has 0 unspecified atom stereocenters. The molecule has 0 spiro atoms. The quantitative estimate of drug-likeness (QED) is 0.227. The fraction of sp³-hybridized carbons (Fsp3) is 0.381. The van der Waals surface area contributed by atoms with E-state index in [2.05, 4.69) is 15.6 Å². The lowest BCUT2D eigenvalue weighted by atomic mass is 10.2. The maximum Gasteiger partial charge on any atom is 0.191 e. The van der Waals surface area contributed by atoms with Gasteiger partial charge < -0.3 is 24.8 Å². The molecule has 0 saturated heterocycles. The van der Waals surface area contributed by atoms with E-state index in [1.165, 1.54) is 0 Å². The van der Waals surface area contributed by atoms with Gasteiger partial charge in [0.2, 0.25) is 0 Å². The first-order chi connectivity index (χ1) is 13.3. The average molecular weight is 499 g/mol. The molecule has 0 aliphatic carbocycles. The van der Waals surface area contributed by atoms with Crippen LogP contribution in [0.3, 0.4) is 0 Å². The number of benzene rings is 2. The number of halogens is 1. The lowest BCUT2D eigenvalue weighted by Gasteiger charge is -2.14. The molecule has 0 radical (unpaired) electrons. The van der Waals surface area contributed by atoms with Gasteiger partial charge in [0, 0.05) is 26.7 Å². The fourth-order valence-electron chi connectivity index (χ4n) is 2.47. The minimum absolute atomic E-state index is 0. The first-order valence-corrected chi connectivity index (χ1v) is 9.12. The van der Waals surface area contributed by atoms with Gasteiger partial charge in [-0.1, -0.05) is 36.4 Å². The van der Waals surface area contributed by atoms with Gasteiger partial charge in [0.15, 0.2) is 17.5 Å². The maximum absolute atomic E-state index is 5.90. The van der Waals surface area contributed by atoms with Gasteiger partial charge >= 0.3 is 0 Å². The number of hydrogen-bond donors (Lipinski definition) is 2. The van der Waals surface area contributed by atoms with Crippen LogP contribution >= 0.6 is 24.0 Å². The second-order valence-corrected chi connectivity index (χ2v) is 5.81. The van der Waals surface area contributed by atoms with Crippen molar-refractivity contribution in [2.75, 3.05) is 33.9 Å². The molecule has 2 N–H and O–H groups in total. The molecule has 2 rings (SSSR count). The van der Waals surface area contributed by atoms with Crippen LogP contribution in [0.2, 0.25) is 0 Å². The summed E-state index contributed by atoms with van der Waals surface area (Å²) in [5.41, 5.74) is 2.19. The van der Waals surface area contributed by atoms with Crippen molar-refractivity contribution in [2.24, 2.45) is 4.99 Å². The van der Waals surface area contributed by atoms with Crippen molar-refractivity contribution >= 4 is 29.9 Å². The van der Waals surface area contributed by atoms with Gasteiger partial charge in [-0.2, -0.15) is 0 Å². The molecule has 0 bridgehead atoms. The van der Waals surface area contributed by atoms with Gasteiger partial charge in [0.25, 0.3) is 0 Å².